The van der Waals surface area contributed by atoms with Crippen molar-refractivity contribution in [2.45, 2.75) is 13.8 Å². The zero-order valence-electron chi connectivity index (χ0n) is 15.6. The molecule has 1 N–H and O–H groups in total. The van der Waals surface area contributed by atoms with Gasteiger partial charge in [0.15, 0.2) is 6.61 Å². The van der Waals surface area contributed by atoms with Gasteiger partial charge in [0.2, 0.25) is 0 Å². The normalized spacial score (nSPS) is 11.1. The van der Waals surface area contributed by atoms with E-state index in [1.165, 1.54) is 6.21 Å². The first-order chi connectivity index (χ1) is 13.8. The Balaban J connectivity index is 1.59. The van der Waals surface area contributed by atoms with E-state index in [9.17, 15) is 4.79 Å². The third kappa shape index (κ3) is 5.32. The minimum absolute atomic E-state index is 0.148. The molecule has 0 aliphatic heterocycles. The SMILES string of the molecule is Cc1cccc(C)c1OCC(=O)N/N=C/c1ccc(-c2cc(Cl)c(Cl)cc2Cl)o1. The van der Waals surface area contributed by atoms with E-state index < -0.39 is 0 Å². The fourth-order valence-electron chi connectivity index (χ4n) is 2.64. The molecule has 1 amide bonds. The van der Waals surface area contributed by atoms with Gasteiger partial charge >= 0.3 is 0 Å². The second-order valence-corrected chi connectivity index (χ2v) is 7.47. The largest absolute Gasteiger partial charge is 0.483 e. The van der Waals surface area contributed by atoms with Crippen LogP contribution in [-0.2, 0) is 4.79 Å². The molecule has 29 heavy (non-hydrogen) atoms. The predicted octanol–water partition coefficient (Wildman–Crippen LogP) is 6.05. The van der Waals surface area contributed by atoms with Gasteiger partial charge in [-0.3, -0.25) is 4.79 Å². The van der Waals surface area contributed by atoms with E-state index in [-0.39, 0.29) is 12.5 Å². The maximum Gasteiger partial charge on any atom is 0.277 e. The lowest BCUT2D eigenvalue weighted by molar-refractivity contribution is -0.123. The topological polar surface area (TPSA) is 63.8 Å². The molecule has 2 aromatic carbocycles. The summed E-state index contributed by atoms with van der Waals surface area (Å²) in [4.78, 5) is 11.9. The molecule has 0 unspecified atom stereocenters. The minimum Gasteiger partial charge on any atom is -0.483 e. The third-order valence-corrected chi connectivity index (χ3v) is 5.07. The quantitative estimate of drug-likeness (QED) is 0.282. The second-order valence-electron chi connectivity index (χ2n) is 6.25. The summed E-state index contributed by atoms with van der Waals surface area (Å²) >= 11 is 18.2. The van der Waals surface area contributed by atoms with Crippen LogP contribution in [0.5, 0.6) is 5.75 Å². The highest BCUT2D eigenvalue weighted by Gasteiger charge is 2.12. The molecule has 0 saturated heterocycles. The van der Waals surface area contributed by atoms with Crippen LogP contribution in [0.25, 0.3) is 11.3 Å². The zero-order chi connectivity index (χ0) is 21.0. The van der Waals surface area contributed by atoms with Crippen molar-refractivity contribution in [2.24, 2.45) is 5.10 Å². The number of nitrogens with zero attached hydrogens (tertiary/aromatic N) is 1. The fourth-order valence-corrected chi connectivity index (χ4v) is 3.28. The Kier molecular flexibility index (Phi) is 6.85. The summed E-state index contributed by atoms with van der Waals surface area (Å²) in [5, 5.41) is 5.02. The second kappa shape index (κ2) is 9.35. The van der Waals surface area contributed by atoms with Gasteiger partial charge in [0.05, 0.1) is 21.3 Å². The number of hydrazone groups is 1. The van der Waals surface area contributed by atoms with E-state index in [0.717, 1.165) is 11.1 Å². The molecule has 0 radical (unpaired) electrons. The zero-order valence-corrected chi connectivity index (χ0v) is 17.9. The monoisotopic (exact) mass is 450 g/mol. The number of benzene rings is 2. The van der Waals surface area contributed by atoms with Gasteiger partial charge in [0.25, 0.3) is 5.91 Å². The molecular formula is C21H17Cl3N2O3. The van der Waals surface area contributed by atoms with E-state index >= 15 is 0 Å². The smallest absolute Gasteiger partial charge is 0.277 e. The number of rotatable bonds is 6. The van der Waals surface area contributed by atoms with Gasteiger partial charge in [-0.05, 0) is 49.2 Å². The van der Waals surface area contributed by atoms with Crippen molar-refractivity contribution >= 4 is 46.9 Å². The first-order valence-electron chi connectivity index (χ1n) is 8.61. The average molecular weight is 452 g/mol. The van der Waals surface area contributed by atoms with Crippen LogP contribution in [0.4, 0.5) is 0 Å². The molecule has 0 bridgehead atoms. The molecule has 0 saturated carbocycles. The lowest BCUT2D eigenvalue weighted by Crippen LogP contribution is -2.24. The summed E-state index contributed by atoms with van der Waals surface area (Å²) in [6.45, 7) is 3.70. The summed E-state index contributed by atoms with van der Waals surface area (Å²) in [5.74, 6) is 1.24. The number of amides is 1. The molecule has 0 atom stereocenters. The Labute approximate surface area is 183 Å². The molecule has 1 heterocycles. The van der Waals surface area contributed by atoms with Gasteiger partial charge in [-0.1, -0.05) is 53.0 Å². The van der Waals surface area contributed by atoms with Crippen LogP contribution in [0.1, 0.15) is 16.9 Å². The molecule has 0 spiro atoms. The molecule has 0 aliphatic carbocycles. The van der Waals surface area contributed by atoms with Crippen LogP contribution in [0, 0.1) is 13.8 Å². The van der Waals surface area contributed by atoms with Crippen molar-refractivity contribution in [3.8, 4) is 17.1 Å². The summed E-state index contributed by atoms with van der Waals surface area (Å²) in [6.07, 6.45) is 1.38. The highest BCUT2D eigenvalue weighted by molar-refractivity contribution is 6.44. The van der Waals surface area contributed by atoms with Crippen LogP contribution >= 0.6 is 34.8 Å². The predicted molar refractivity (Wildman–Crippen MR) is 116 cm³/mol. The number of furan rings is 1. The highest BCUT2D eigenvalue weighted by atomic mass is 35.5. The van der Waals surface area contributed by atoms with Crippen LogP contribution in [0.2, 0.25) is 15.1 Å². The van der Waals surface area contributed by atoms with Crippen LogP contribution < -0.4 is 10.2 Å². The van der Waals surface area contributed by atoms with Crippen molar-refractivity contribution < 1.29 is 13.9 Å². The number of carbonyl (C=O) groups is 1. The molecule has 8 heteroatoms. The summed E-state index contributed by atoms with van der Waals surface area (Å²) in [6, 6.07) is 12.4. The molecule has 3 rings (SSSR count). The Hall–Kier alpha value is -2.47. The van der Waals surface area contributed by atoms with E-state index in [1.807, 2.05) is 32.0 Å². The molecule has 1 aromatic heterocycles. The molecular weight excluding hydrogens is 435 g/mol. The lowest BCUT2D eigenvalue weighted by atomic mass is 10.1. The standard InChI is InChI=1S/C21H17Cl3N2O3/c1-12-4-3-5-13(2)21(12)28-11-20(27)26-25-10-14-6-7-19(29-14)15-8-17(23)18(24)9-16(15)22/h3-10H,11H2,1-2H3,(H,26,27)/b25-10+. The Morgan fingerprint density at radius 1 is 1.07 bits per heavy atom. The van der Waals surface area contributed by atoms with Gasteiger partial charge in [-0.25, -0.2) is 5.43 Å². The molecule has 3 aromatic rings. The number of hydrogen-bond donors (Lipinski definition) is 1. The van der Waals surface area contributed by atoms with Gasteiger partial charge in [0.1, 0.15) is 17.3 Å². The van der Waals surface area contributed by atoms with E-state index in [1.54, 1.807) is 24.3 Å². The van der Waals surface area contributed by atoms with E-state index in [2.05, 4.69) is 10.5 Å². The van der Waals surface area contributed by atoms with E-state index in [4.69, 9.17) is 44.0 Å². The van der Waals surface area contributed by atoms with Gasteiger partial charge < -0.3 is 9.15 Å². The van der Waals surface area contributed by atoms with Crippen molar-refractivity contribution in [1.82, 2.24) is 5.43 Å². The Bertz CT molecular complexity index is 1060. The number of halogens is 3. The minimum atomic E-state index is -0.386. The number of ether oxygens (including phenoxy) is 1. The number of carbonyl (C=O) groups excluding carboxylic acids is 1. The first-order valence-corrected chi connectivity index (χ1v) is 9.74. The van der Waals surface area contributed by atoms with Gasteiger partial charge in [-0.2, -0.15) is 5.10 Å². The Morgan fingerprint density at radius 2 is 1.76 bits per heavy atom. The van der Waals surface area contributed by atoms with Gasteiger partial charge in [-0.15, -0.1) is 0 Å². The lowest BCUT2D eigenvalue weighted by Gasteiger charge is -2.10. The van der Waals surface area contributed by atoms with Crippen LogP contribution in [0.15, 0.2) is 52.0 Å². The van der Waals surface area contributed by atoms with Crippen LogP contribution in [0.3, 0.4) is 0 Å². The summed E-state index contributed by atoms with van der Waals surface area (Å²) < 4.78 is 11.3. The fraction of sp³-hybridized carbons (Fsp3) is 0.143. The number of aryl methyl sites for hydroxylation is 2. The number of para-hydroxylation sites is 1. The highest BCUT2D eigenvalue weighted by Crippen LogP contribution is 2.35. The van der Waals surface area contributed by atoms with E-state index in [0.29, 0.717) is 37.9 Å². The maximum absolute atomic E-state index is 11.9. The first kappa shape index (κ1) is 21.2. The number of hydrogen-bond acceptors (Lipinski definition) is 4. The summed E-state index contributed by atoms with van der Waals surface area (Å²) in [5.41, 5.74) is 4.93. The van der Waals surface area contributed by atoms with Crippen molar-refractivity contribution in [3.05, 3.63) is 74.4 Å². The number of nitrogens with one attached hydrogen (secondary N) is 1. The average Bonchev–Trinajstić information content (AvgIpc) is 3.13. The van der Waals surface area contributed by atoms with Crippen LogP contribution in [-0.4, -0.2) is 18.7 Å². The molecule has 5 nitrogen and oxygen atoms in total. The third-order valence-electron chi connectivity index (χ3n) is 4.04. The van der Waals surface area contributed by atoms with Crippen molar-refractivity contribution in [3.63, 3.8) is 0 Å². The summed E-state index contributed by atoms with van der Waals surface area (Å²) in [7, 11) is 0. The molecule has 0 aliphatic rings. The van der Waals surface area contributed by atoms with Crippen molar-refractivity contribution in [2.75, 3.05) is 6.61 Å². The maximum atomic E-state index is 11.9. The Morgan fingerprint density at radius 3 is 2.48 bits per heavy atom. The molecule has 0 fully saturated rings. The molecule has 150 valence electrons. The van der Waals surface area contributed by atoms with Gasteiger partial charge in [0, 0.05) is 5.56 Å². The van der Waals surface area contributed by atoms with Crippen molar-refractivity contribution in [1.29, 1.82) is 0 Å².